The highest BCUT2D eigenvalue weighted by molar-refractivity contribution is 6.09. The number of carbonyl (C=O) groups is 2. The van der Waals surface area contributed by atoms with Gasteiger partial charge in [-0.1, -0.05) is 109 Å². The maximum atomic E-state index is 13.6. The van der Waals surface area contributed by atoms with Gasteiger partial charge in [-0.05, 0) is 49.2 Å². The molecule has 6 aromatic carbocycles. The van der Waals surface area contributed by atoms with Crippen LogP contribution in [0.3, 0.4) is 0 Å². The average molecular weight is 827 g/mol. The molecule has 0 saturated heterocycles. The predicted molar refractivity (Wildman–Crippen MR) is 254 cm³/mol. The number of halogens is 1. The van der Waals surface area contributed by atoms with E-state index in [9.17, 15) is 9.59 Å². The van der Waals surface area contributed by atoms with Crippen molar-refractivity contribution >= 4 is 107 Å². The summed E-state index contributed by atoms with van der Waals surface area (Å²) in [5.41, 5.74) is 8.40. The molecule has 9 rings (SSSR count). The van der Waals surface area contributed by atoms with Gasteiger partial charge in [0.05, 0.1) is 50.2 Å². The van der Waals surface area contributed by atoms with E-state index in [0.29, 0.717) is 39.0 Å². The summed E-state index contributed by atoms with van der Waals surface area (Å²) in [5.74, 6) is -0.243. The molecule has 0 spiro atoms. The molecule has 9 aromatic rings. The summed E-state index contributed by atoms with van der Waals surface area (Å²) in [7, 11) is 0. The molecular formula is C50H47ClN8O2. The van der Waals surface area contributed by atoms with Crippen LogP contribution in [0.15, 0.2) is 146 Å². The number of pyridine rings is 3. The van der Waals surface area contributed by atoms with Crippen molar-refractivity contribution in [3.63, 3.8) is 0 Å². The van der Waals surface area contributed by atoms with E-state index in [1.54, 1.807) is 0 Å². The number of amides is 2. The van der Waals surface area contributed by atoms with E-state index in [-0.39, 0.29) is 37.1 Å². The Labute approximate surface area is 360 Å². The molecule has 11 heteroatoms. The van der Waals surface area contributed by atoms with Gasteiger partial charge in [0.2, 0.25) is 11.8 Å². The van der Waals surface area contributed by atoms with E-state index >= 15 is 0 Å². The van der Waals surface area contributed by atoms with Crippen LogP contribution in [0, 0.1) is 0 Å². The summed E-state index contributed by atoms with van der Waals surface area (Å²) in [6.07, 6.45) is 1.67. The summed E-state index contributed by atoms with van der Waals surface area (Å²) >= 11 is 0. The topological polar surface area (TPSA) is 133 Å². The highest BCUT2D eigenvalue weighted by Gasteiger charge is 2.21. The first-order valence-corrected chi connectivity index (χ1v) is 20.7. The quantitative estimate of drug-likeness (QED) is 0.0481. The third-order valence-electron chi connectivity index (χ3n) is 10.9. The maximum absolute atomic E-state index is 13.6. The summed E-state index contributed by atoms with van der Waals surface area (Å²) in [6, 6.07) is 48.0. The van der Waals surface area contributed by atoms with Crippen molar-refractivity contribution < 1.29 is 9.59 Å². The second-order valence-electron chi connectivity index (χ2n) is 15.1. The van der Waals surface area contributed by atoms with Gasteiger partial charge in [-0.15, -0.1) is 12.4 Å². The fraction of sp³-hybridized carbons (Fsp3) is 0.180. The number of aromatic nitrogens is 3. The first-order chi connectivity index (χ1) is 29.6. The van der Waals surface area contributed by atoms with Gasteiger partial charge >= 0.3 is 0 Å². The number of para-hydroxylation sites is 6. The Morgan fingerprint density at radius 1 is 0.393 bits per heavy atom. The predicted octanol–water partition coefficient (Wildman–Crippen LogP) is 10.0. The van der Waals surface area contributed by atoms with Crippen molar-refractivity contribution in [2.24, 2.45) is 0 Å². The van der Waals surface area contributed by atoms with E-state index < -0.39 is 6.04 Å². The second-order valence-corrected chi connectivity index (χ2v) is 15.1. The van der Waals surface area contributed by atoms with Crippen LogP contribution in [0.2, 0.25) is 0 Å². The summed E-state index contributed by atoms with van der Waals surface area (Å²) in [5, 5.41) is 23.3. The number of hydrogen-bond donors (Lipinski definition) is 5. The Bertz CT molecular complexity index is 2710. The van der Waals surface area contributed by atoms with Gasteiger partial charge in [-0.25, -0.2) is 15.0 Å². The Hall–Kier alpha value is -7.04. The Kier molecular flexibility index (Phi) is 12.6. The van der Waals surface area contributed by atoms with Gasteiger partial charge in [0, 0.05) is 77.4 Å². The second kappa shape index (κ2) is 18.9. The number of benzene rings is 6. The molecule has 3 aromatic heterocycles. The van der Waals surface area contributed by atoms with Gasteiger partial charge in [0.15, 0.2) is 0 Å². The fourth-order valence-electron chi connectivity index (χ4n) is 8.09. The van der Waals surface area contributed by atoms with Gasteiger partial charge in [0.25, 0.3) is 0 Å². The lowest BCUT2D eigenvalue weighted by atomic mass is 10.0. The first kappa shape index (κ1) is 40.7. The zero-order chi connectivity index (χ0) is 40.7. The van der Waals surface area contributed by atoms with Crippen LogP contribution in [0.5, 0.6) is 0 Å². The number of nitrogens with zero attached hydrogens (tertiary/aromatic N) is 3. The van der Waals surface area contributed by atoms with Crippen LogP contribution in [0.25, 0.3) is 65.4 Å². The van der Waals surface area contributed by atoms with Crippen molar-refractivity contribution in [1.29, 1.82) is 0 Å². The van der Waals surface area contributed by atoms with Crippen molar-refractivity contribution in [1.82, 2.24) is 25.6 Å². The summed E-state index contributed by atoms with van der Waals surface area (Å²) in [6.45, 7) is 2.31. The number of hydrogen-bond acceptors (Lipinski definition) is 8. The lowest BCUT2D eigenvalue weighted by Gasteiger charge is -2.22. The smallest absolute Gasteiger partial charge is 0.222 e. The molecule has 0 aliphatic heterocycles. The van der Waals surface area contributed by atoms with Gasteiger partial charge in [0.1, 0.15) is 0 Å². The molecule has 10 nitrogen and oxygen atoms in total. The highest BCUT2D eigenvalue weighted by atomic mass is 35.5. The molecule has 0 atom stereocenters. The molecule has 61 heavy (non-hydrogen) atoms. The lowest BCUT2D eigenvalue weighted by Crippen LogP contribution is -2.36. The molecule has 0 saturated carbocycles. The molecule has 3 heterocycles. The molecule has 0 aliphatic carbocycles. The maximum Gasteiger partial charge on any atom is 0.222 e. The Morgan fingerprint density at radius 3 is 0.984 bits per heavy atom. The van der Waals surface area contributed by atoms with Gasteiger partial charge < -0.3 is 26.6 Å². The molecule has 0 bridgehead atoms. The van der Waals surface area contributed by atoms with Crippen LogP contribution in [0.1, 0.15) is 25.7 Å². The SMILES string of the molecule is Cl.O=C(CC(CC(=O)NCCCNc1c2ccccc2nc2ccccc12)Nc1c2ccccc2nc2ccccc12)NCCCNc1c2ccccc2nc2ccccc12. The van der Waals surface area contributed by atoms with Gasteiger partial charge in [-0.2, -0.15) is 0 Å². The summed E-state index contributed by atoms with van der Waals surface area (Å²) in [4.78, 5) is 41.8. The number of anilines is 3. The van der Waals surface area contributed by atoms with E-state index in [2.05, 4.69) is 50.8 Å². The zero-order valence-electron chi connectivity index (χ0n) is 33.7. The first-order valence-electron chi connectivity index (χ1n) is 20.7. The minimum atomic E-state index is -0.473. The van der Waals surface area contributed by atoms with Gasteiger partial charge in [-0.3, -0.25) is 9.59 Å². The van der Waals surface area contributed by atoms with E-state index in [4.69, 9.17) is 15.0 Å². The number of fused-ring (bicyclic) bond motifs is 6. The standard InChI is InChI=1S/C50H46N8O2.ClH/c59-46(51-27-13-29-53-48-34-15-1-7-21-40(34)56-41-22-8-2-16-35(41)48)31-33(55-50-38-19-5-11-25-44(38)58-45-26-12-6-20-39(45)50)32-47(60)52-28-14-30-54-49-36-17-3-9-23-42(36)57-43-24-10-4-18-37(43)49;/h1-12,15-26,33H,13-14,27-32H2,(H,51,59)(H,52,60)(H,53,56)(H,54,57)(H,55,58);1H. The highest BCUT2D eigenvalue weighted by Crippen LogP contribution is 2.33. The number of rotatable bonds is 16. The minimum absolute atomic E-state index is 0. The van der Waals surface area contributed by atoms with E-state index in [0.717, 1.165) is 82.5 Å². The molecule has 2 amide bonds. The summed E-state index contributed by atoms with van der Waals surface area (Å²) < 4.78 is 0. The molecule has 5 N–H and O–H groups in total. The third-order valence-corrected chi connectivity index (χ3v) is 10.9. The van der Waals surface area contributed by atoms with Crippen LogP contribution >= 0.6 is 12.4 Å². The van der Waals surface area contributed by atoms with Crippen LogP contribution in [0.4, 0.5) is 17.1 Å². The minimum Gasteiger partial charge on any atom is -0.384 e. The Morgan fingerprint density at radius 2 is 0.672 bits per heavy atom. The van der Waals surface area contributed by atoms with Crippen molar-refractivity contribution in [3.05, 3.63) is 146 Å². The van der Waals surface area contributed by atoms with Crippen molar-refractivity contribution in [3.8, 4) is 0 Å². The average Bonchev–Trinajstić information content (AvgIpc) is 3.28. The third kappa shape index (κ3) is 9.10. The van der Waals surface area contributed by atoms with E-state index in [1.807, 2.05) is 121 Å². The van der Waals surface area contributed by atoms with Crippen LogP contribution in [-0.4, -0.2) is 59.0 Å². The molecule has 0 unspecified atom stereocenters. The molecule has 0 radical (unpaired) electrons. The number of carbonyl (C=O) groups excluding carboxylic acids is 2. The molecule has 0 fully saturated rings. The Balaban J connectivity index is 0.00000514. The lowest BCUT2D eigenvalue weighted by molar-refractivity contribution is -0.122. The number of nitrogens with one attached hydrogen (secondary N) is 5. The molecule has 0 aliphatic rings. The monoisotopic (exact) mass is 826 g/mol. The fourth-order valence-corrected chi connectivity index (χ4v) is 8.09. The van der Waals surface area contributed by atoms with Crippen molar-refractivity contribution in [2.75, 3.05) is 42.1 Å². The van der Waals surface area contributed by atoms with Crippen LogP contribution < -0.4 is 26.6 Å². The van der Waals surface area contributed by atoms with Crippen molar-refractivity contribution in [2.45, 2.75) is 31.7 Å². The van der Waals surface area contributed by atoms with Crippen LogP contribution in [-0.2, 0) is 9.59 Å². The largest absolute Gasteiger partial charge is 0.384 e. The molecular weight excluding hydrogens is 780 g/mol. The van der Waals surface area contributed by atoms with E-state index in [1.165, 1.54) is 0 Å². The normalized spacial score (nSPS) is 11.3. The zero-order valence-corrected chi connectivity index (χ0v) is 34.5. The molecule has 306 valence electrons.